The molecule has 2 atom stereocenters. The smallest absolute Gasteiger partial charge is 0.238 e. The number of benzene rings is 1. The summed E-state index contributed by atoms with van der Waals surface area (Å²) in [5.74, 6) is -0.600. The summed E-state index contributed by atoms with van der Waals surface area (Å²) in [5, 5.41) is 3.10. The van der Waals surface area contributed by atoms with Crippen molar-refractivity contribution in [1.82, 2.24) is 10.2 Å². The number of sulfone groups is 1. The highest BCUT2D eigenvalue weighted by Gasteiger charge is 2.32. The Bertz CT molecular complexity index is 658. The second-order valence-corrected chi connectivity index (χ2v) is 7.54. The molecule has 1 aliphatic rings. The van der Waals surface area contributed by atoms with E-state index >= 15 is 0 Å². The molecule has 1 aliphatic heterocycles. The zero-order valence-electron chi connectivity index (χ0n) is 12.3. The largest absolute Gasteiger partial charge is 0.347 e. The summed E-state index contributed by atoms with van der Waals surface area (Å²) < 4.78 is 37.5. The highest BCUT2D eigenvalue weighted by Crippen LogP contribution is 2.32. The fraction of sp³-hybridized carbons (Fsp3) is 0.500. The summed E-state index contributed by atoms with van der Waals surface area (Å²) >= 11 is 0. The van der Waals surface area contributed by atoms with Crippen LogP contribution >= 0.6 is 0 Å². The Morgan fingerprint density at radius 3 is 2.71 bits per heavy atom. The Hall–Kier alpha value is -1.47. The van der Waals surface area contributed by atoms with Gasteiger partial charge in [0.15, 0.2) is 9.84 Å². The van der Waals surface area contributed by atoms with Crippen LogP contribution in [0.4, 0.5) is 4.39 Å². The van der Waals surface area contributed by atoms with Crippen molar-refractivity contribution in [3.05, 3.63) is 29.6 Å². The molecule has 0 fully saturated rings. The fourth-order valence-electron chi connectivity index (χ4n) is 2.55. The van der Waals surface area contributed by atoms with Gasteiger partial charge in [0.1, 0.15) is 5.82 Å². The van der Waals surface area contributed by atoms with Crippen molar-refractivity contribution in [3.63, 3.8) is 0 Å². The van der Waals surface area contributed by atoms with E-state index in [-0.39, 0.29) is 22.6 Å². The molecule has 0 saturated carbocycles. The Morgan fingerprint density at radius 2 is 2.10 bits per heavy atom. The molecule has 116 valence electrons. The number of carbonyl (C=O) groups excluding carboxylic acids is 1. The van der Waals surface area contributed by atoms with Crippen LogP contribution in [0.3, 0.4) is 0 Å². The predicted molar refractivity (Wildman–Crippen MR) is 77.1 cm³/mol. The SMILES string of the molecule is CC(NC1CCS(=O)(=O)c2ccc(F)cc21)C(=O)N(C)C. The number of amides is 1. The summed E-state index contributed by atoms with van der Waals surface area (Å²) in [4.78, 5) is 13.5. The molecule has 2 rings (SSSR count). The van der Waals surface area contributed by atoms with Gasteiger partial charge in [-0.2, -0.15) is 0 Å². The highest BCUT2D eigenvalue weighted by molar-refractivity contribution is 7.91. The molecule has 0 spiro atoms. The van der Waals surface area contributed by atoms with Gasteiger partial charge < -0.3 is 4.90 Å². The van der Waals surface area contributed by atoms with E-state index < -0.39 is 21.7 Å². The zero-order valence-corrected chi connectivity index (χ0v) is 13.1. The molecular formula is C14H19FN2O3S. The van der Waals surface area contributed by atoms with E-state index in [1.807, 2.05) is 0 Å². The number of rotatable bonds is 3. The van der Waals surface area contributed by atoms with Crippen LogP contribution in [0.1, 0.15) is 24.9 Å². The van der Waals surface area contributed by atoms with Gasteiger partial charge in [-0.25, -0.2) is 12.8 Å². The quantitative estimate of drug-likeness (QED) is 0.849. The van der Waals surface area contributed by atoms with Gasteiger partial charge in [-0.05, 0) is 37.1 Å². The molecule has 0 saturated heterocycles. The average molecular weight is 314 g/mol. The third-order valence-electron chi connectivity index (χ3n) is 3.62. The standard InChI is InChI=1S/C14H19FN2O3S/c1-9(14(18)17(2)3)16-12-6-7-21(19,20)13-5-4-10(15)8-11(12)13/h4-5,8-9,12,16H,6-7H2,1-3H3. The molecule has 0 bridgehead atoms. The monoisotopic (exact) mass is 314 g/mol. The minimum Gasteiger partial charge on any atom is -0.347 e. The van der Waals surface area contributed by atoms with Crippen molar-refractivity contribution in [2.45, 2.75) is 30.3 Å². The fourth-order valence-corrected chi connectivity index (χ4v) is 4.15. The van der Waals surface area contributed by atoms with Crippen molar-refractivity contribution >= 4 is 15.7 Å². The molecule has 1 N–H and O–H groups in total. The topological polar surface area (TPSA) is 66.5 Å². The van der Waals surface area contributed by atoms with E-state index in [1.54, 1.807) is 21.0 Å². The summed E-state index contributed by atoms with van der Waals surface area (Å²) in [7, 11) is -0.0616. The van der Waals surface area contributed by atoms with Gasteiger partial charge in [-0.15, -0.1) is 0 Å². The van der Waals surface area contributed by atoms with Crippen LogP contribution in [0.2, 0.25) is 0 Å². The predicted octanol–water partition coefficient (Wildman–Crippen LogP) is 1.11. The number of likely N-dealkylation sites (N-methyl/N-ethyl adjacent to an activating group) is 1. The van der Waals surface area contributed by atoms with Crippen LogP contribution in [0.25, 0.3) is 0 Å². The van der Waals surface area contributed by atoms with E-state index in [1.165, 1.54) is 17.0 Å². The molecule has 1 amide bonds. The van der Waals surface area contributed by atoms with Gasteiger partial charge in [-0.1, -0.05) is 0 Å². The van der Waals surface area contributed by atoms with Crippen LogP contribution in [0, 0.1) is 5.82 Å². The number of fused-ring (bicyclic) bond motifs is 1. The molecule has 0 radical (unpaired) electrons. The molecule has 5 nitrogen and oxygen atoms in total. The Morgan fingerprint density at radius 1 is 1.43 bits per heavy atom. The molecule has 0 aliphatic carbocycles. The molecule has 0 aromatic heterocycles. The third kappa shape index (κ3) is 3.24. The number of nitrogens with one attached hydrogen (secondary N) is 1. The number of hydrogen-bond acceptors (Lipinski definition) is 4. The van der Waals surface area contributed by atoms with Crippen LogP contribution in [0.15, 0.2) is 23.1 Å². The molecule has 1 aromatic carbocycles. The Kier molecular flexibility index (Phi) is 4.34. The second kappa shape index (κ2) is 5.73. The maximum atomic E-state index is 13.4. The Labute approximate surface area is 124 Å². The van der Waals surface area contributed by atoms with Crippen molar-refractivity contribution in [2.24, 2.45) is 0 Å². The lowest BCUT2D eigenvalue weighted by Gasteiger charge is -2.29. The zero-order chi connectivity index (χ0) is 15.8. The van der Waals surface area contributed by atoms with Crippen LogP contribution < -0.4 is 5.32 Å². The lowest BCUT2D eigenvalue weighted by atomic mass is 10.0. The lowest BCUT2D eigenvalue weighted by molar-refractivity contribution is -0.130. The third-order valence-corrected chi connectivity index (χ3v) is 5.44. The average Bonchev–Trinajstić information content (AvgIpc) is 2.40. The maximum absolute atomic E-state index is 13.4. The van der Waals surface area contributed by atoms with Crippen molar-refractivity contribution in [2.75, 3.05) is 19.8 Å². The molecular weight excluding hydrogens is 295 g/mol. The van der Waals surface area contributed by atoms with Gasteiger partial charge in [0, 0.05) is 20.1 Å². The summed E-state index contributed by atoms with van der Waals surface area (Å²) in [5.41, 5.74) is 0.402. The minimum atomic E-state index is -3.37. The normalized spacial score (nSPS) is 21.4. The van der Waals surface area contributed by atoms with Gasteiger partial charge in [0.25, 0.3) is 0 Å². The van der Waals surface area contributed by atoms with Gasteiger partial charge in [0.2, 0.25) is 5.91 Å². The molecule has 1 aromatic rings. The number of hydrogen-bond donors (Lipinski definition) is 1. The summed E-state index contributed by atoms with van der Waals surface area (Å²) in [6.07, 6.45) is 0.323. The minimum absolute atomic E-state index is 0.00776. The van der Waals surface area contributed by atoms with Crippen molar-refractivity contribution in [3.8, 4) is 0 Å². The van der Waals surface area contributed by atoms with Crippen LogP contribution in [-0.2, 0) is 14.6 Å². The second-order valence-electron chi connectivity index (χ2n) is 5.46. The summed E-state index contributed by atoms with van der Waals surface area (Å²) in [6, 6.07) is 2.86. The number of halogens is 1. The van der Waals surface area contributed by atoms with Gasteiger partial charge in [0.05, 0.1) is 16.7 Å². The first kappa shape index (κ1) is 15.9. The molecule has 7 heteroatoms. The Balaban J connectivity index is 2.32. The number of nitrogens with zero attached hydrogens (tertiary/aromatic N) is 1. The van der Waals surface area contributed by atoms with E-state index in [0.717, 1.165) is 6.07 Å². The molecule has 21 heavy (non-hydrogen) atoms. The molecule has 1 heterocycles. The lowest BCUT2D eigenvalue weighted by Crippen LogP contribution is -2.44. The van der Waals surface area contributed by atoms with Crippen molar-refractivity contribution < 1.29 is 17.6 Å². The number of carbonyl (C=O) groups is 1. The van der Waals surface area contributed by atoms with E-state index in [9.17, 15) is 17.6 Å². The van der Waals surface area contributed by atoms with Gasteiger partial charge in [-0.3, -0.25) is 10.1 Å². The summed E-state index contributed by atoms with van der Waals surface area (Å²) in [6.45, 7) is 1.71. The molecule has 2 unspecified atom stereocenters. The van der Waals surface area contributed by atoms with E-state index in [0.29, 0.717) is 12.0 Å². The maximum Gasteiger partial charge on any atom is 0.238 e. The highest BCUT2D eigenvalue weighted by atomic mass is 32.2. The van der Waals surface area contributed by atoms with Crippen LogP contribution in [0.5, 0.6) is 0 Å². The first-order chi connectivity index (χ1) is 9.72. The van der Waals surface area contributed by atoms with Crippen LogP contribution in [-0.4, -0.2) is 45.1 Å². The first-order valence-electron chi connectivity index (χ1n) is 6.72. The van der Waals surface area contributed by atoms with Crippen molar-refractivity contribution in [1.29, 1.82) is 0 Å². The van der Waals surface area contributed by atoms with Gasteiger partial charge >= 0.3 is 0 Å². The first-order valence-corrected chi connectivity index (χ1v) is 8.37. The van der Waals surface area contributed by atoms with E-state index in [4.69, 9.17) is 0 Å². The van der Waals surface area contributed by atoms with E-state index in [2.05, 4.69) is 5.32 Å².